The van der Waals surface area contributed by atoms with E-state index in [1.807, 2.05) is 31.1 Å². The second-order valence-electron chi connectivity index (χ2n) is 5.02. The number of nitrogen functional groups attached to an aromatic ring is 1. The fourth-order valence-electron chi connectivity index (χ4n) is 1.87. The number of likely N-dealkylation sites (N-methyl/N-ethyl adjacent to an activating group) is 2. The minimum Gasteiger partial charge on any atom is -0.397 e. The van der Waals surface area contributed by atoms with Gasteiger partial charge in [-0.2, -0.15) is 0 Å². The van der Waals surface area contributed by atoms with Gasteiger partial charge in [0.25, 0.3) is 5.91 Å². The molecule has 1 aromatic heterocycles. The van der Waals surface area contributed by atoms with Crippen LogP contribution in [0.25, 0.3) is 10.1 Å². The standard InChI is InChI=1S/C14H18ClN3OS/c1-17(2)6-7-18(3)14(19)13-12(16)10-5-4-9(15)8-11(10)20-13/h4-5,8H,6-7,16H2,1-3H3. The predicted molar refractivity (Wildman–Crippen MR) is 86.8 cm³/mol. The summed E-state index contributed by atoms with van der Waals surface area (Å²) < 4.78 is 0.944. The molecule has 0 bridgehead atoms. The Bertz CT molecular complexity index is 639. The van der Waals surface area contributed by atoms with Crippen molar-refractivity contribution in [3.8, 4) is 0 Å². The van der Waals surface area contributed by atoms with E-state index >= 15 is 0 Å². The zero-order valence-corrected chi connectivity index (χ0v) is 13.4. The summed E-state index contributed by atoms with van der Waals surface area (Å²) in [6.07, 6.45) is 0. The van der Waals surface area contributed by atoms with Gasteiger partial charge >= 0.3 is 0 Å². The highest BCUT2D eigenvalue weighted by Gasteiger charge is 2.19. The van der Waals surface area contributed by atoms with Crippen LogP contribution in [-0.2, 0) is 0 Å². The smallest absolute Gasteiger partial charge is 0.265 e. The van der Waals surface area contributed by atoms with Gasteiger partial charge in [-0.3, -0.25) is 4.79 Å². The summed E-state index contributed by atoms with van der Waals surface area (Å²) in [5.74, 6) is -0.0401. The van der Waals surface area contributed by atoms with Crippen LogP contribution < -0.4 is 5.73 Å². The van der Waals surface area contributed by atoms with Gasteiger partial charge in [0.2, 0.25) is 0 Å². The van der Waals surface area contributed by atoms with E-state index in [9.17, 15) is 4.79 Å². The lowest BCUT2D eigenvalue weighted by molar-refractivity contribution is 0.0792. The van der Waals surface area contributed by atoms with E-state index < -0.39 is 0 Å². The zero-order chi connectivity index (χ0) is 14.9. The maximum Gasteiger partial charge on any atom is 0.265 e. The maximum atomic E-state index is 12.4. The number of nitrogens with zero attached hydrogens (tertiary/aromatic N) is 2. The van der Waals surface area contributed by atoms with Gasteiger partial charge in [0.05, 0.1) is 5.69 Å². The van der Waals surface area contributed by atoms with Crippen molar-refractivity contribution in [3.63, 3.8) is 0 Å². The number of benzene rings is 1. The topological polar surface area (TPSA) is 49.6 Å². The molecule has 20 heavy (non-hydrogen) atoms. The van der Waals surface area contributed by atoms with E-state index in [1.165, 1.54) is 11.3 Å². The third-order valence-corrected chi connectivity index (χ3v) is 4.51. The van der Waals surface area contributed by atoms with Crippen molar-refractivity contribution < 1.29 is 4.79 Å². The molecule has 0 unspecified atom stereocenters. The monoisotopic (exact) mass is 311 g/mol. The van der Waals surface area contributed by atoms with Crippen LogP contribution in [0.5, 0.6) is 0 Å². The molecule has 2 aromatic rings. The third-order valence-electron chi connectivity index (χ3n) is 3.11. The van der Waals surface area contributed by atoms with Gasteiger partial charge in [0, 0.05) is 35.2 Å². The molecule has 2 N–H and O–H groups in total. The number of carbonyl (C=O) groups excluding carboxylic acids is 1. The fourth-order valence-corrected chi connectivity index (χ4v) is 3.27. The first-order chi connectivity index (χ1) is 9.40. The van der Waals surface area contributed by atoms with Crippen LogP contribution >= 0.6 is 22.9 Å². The Morgan fingerprint density at radius 1 is 1.30 bits per heavy atom. The Morgan fingerprint density at radius 2 is 2.00 bits per heavy atom. The van der Waals surface area contributed by atoms with Crippen molar-refractivity contribution >= 4 is 44.6 Å². The van der Waals surface area contributed by atoms with E-state index in [0.717, 1.165) is 16.6 Å². The lowest BCUT2D eigenvalue weighted by Gasteiger charge is -2.19. The first-order valence-electron chi connectivity index (χ1n) is 6.28. The second kappa shape index (κ2) is 5.99. The van der Waals surface area contributed by atoms with Crippen molar-refractivity contribution in [2.75, 3.05) is 40.0 Å². The number of nitrogens with two attached hydrogens (primary N) is 1. The van der Waals surface area contributed by atoms with Crippen LogP contribution in [-0.4, -0.2) is 49.9 Å². The maximum absolute atomic E-state index is 12.4. The molecular weight excluding hydrogens is 294 g/mol. The second-order valence-corrected chi connectivity index (χ2v) is 6.50. The normalized spacial score (nSPS) is 11.2. The highest BCUT2D eigenvalue weighted by Crippen LogP contribution is 2.35. The SMILES string of the molecule is CN(C)CCN(C)C(=O)c1sc2cc(Cl)ccc2c1N. The van der Waals surface area contributed by atoms with Crippen LogP contribution in [0.15, 0.2) is 18.2 Å². The molecule has 1 amide bonds. The minimum atomic E-state index is -0.0401. The molecule has 0 radical (unpaired) electrons. The van der Waals surface area contributed by atoms with Crippen molar-refractivity contribution in [2.45, 2.75) is 0 Å². The molecule has 108 valence electrons. The number of hydrogen-bond acceptors (Lipinski definition) is 4. The Morgan fingerprint density at radius 3 is 2.65 bits per heavy atom. The van der Waals surface area contributed by atoms with E-state index in [4.69, 9.17) is 17.3 Å². The largest absolute Gasteiger partial charge is 0.397 e. The predicted octanol–water partition coefficient (Wildman–Crippen LogP) is 2.77. The minimum absolute atomic E-state index is 0.0401. The Hall–Kier alpha value is -1.30. The number of thiophene rings is 1. The van der Waals surface area contributed by atoms with Crippen molar-refractivity contribution in [1.82, 2.24) is 9.80 Å². The summed E-state index contributed by atoms with van der Waals surface area (Å²) in [6.45, 7) is 1.49. The molecule has 0 saturated carbocycles. The van der Waals surface area contributed by atoms with Gasteiger partial charge in [-0.1, -0.05) is 11.6 Å². The first kappa shape index (κ1) is 15.1. The number of halogens is 1. The molecule has 0 fully saturated rings. The van der Waals surface area contributed by atoms with Crippen molar-refractivity contribution in [1.29, 1.82) is 0 Å². The van der Waals surface area contributed by atoms with E-state index in [0.29, 0.717) is 22.1 Å². The van der Waals surface area contributed by atoms with Gasteiger partial charge in [0.1, 0.15) is 4.88 Å². The number of carbonyl (C=O) groups is 1. The molecule has 1 heterocycles. The lowest BCUT2D eigenvalue weighted by atomic mass is 10.2. The summed E-state index contributed by atoms with van der Waals surface area (Å²) >= 11 is 7.37. The Kier molecular flexibility index (Phi) is 4.52. The van der Waals surface area contributed by atoms with Crippen molar-refractivity contribution in [2.24, 2.45) is 0 Å². The molecule has 0 atom stereocenters. The van der Waals surface area contributed by atoms with E-state index in [1.54, 1.807) is 18.0 Å². The van der Waals surface area contributed by atoms with Crippen LogP contribution in [0.3, 0.4) is 0 Å². The number of amides is 1. The highest BCUT2D eigenvalue weighted by atomic mass is 35.5. The third kappa shape index (κ3) is 3.06. The fraction of sp³-hybridized carbons (Fsp3) is 0.357. The summed E-state index contributed by atoms with van der Waals surface area (Å²) in [5.41, 5.74) is 6.64. The molecule has 0 aliphatic carbocycles. The van der Waals surface area contributed by atoms with Crippen LogP contribution in [0.1, 0.15) is 9.67 Å². The van der Waals surface area contributed by atoms with Crippen molar-refractivity contribution in [3.05, 3.63) is 28.1 Å². The Balaban J connectivity index is 2.28. The average Bonchev–Trinajstić information content (AvgIpc) is 2.71. The molecule has 4 nitrogen and oxygen atoms in total. The average molecular weight is 312 g/mol. The van der Waals surface area contributed by atoms with Gasteiger partial charge in [-0.15, -0.1) is 11.3 Å². The van der Waals surface area contributed by atoms with Crippen LogP contribution in [0, 0.1) is 0 Å². The van der Waals surface area contributed by atoms with E-state index in [-0.39, 0.29) is 5.91 Å². The van der Waals surface area contributed by atoms with Crippen LogP contribution in [0.2, 0.25) is 5.02 Å². The lowest BCUT2D eigenvalue weighted by Crippen LogP contribution is -2.33. The number of anilines is 1. The summed E-state index contributed by atoms with van der Waals surface area (Å²) in [5, 5.41) is 1.54. The number of hydrogen-bond donors (Lipinski definition) is 1. The molecule has 0 aliphatic heterocycles. The molecule has 2 rings (SSSR count). The molecule has 0 spiro atoms. The van der Waals surface area contributed by atoms with E-state index in [2.05, 4.69) is 0 Å². The zero-order valence-electron chi connectivity index (χ0n) is 11.8. The van der Waals surface area contributed by atoms with Crippen LogP contribution in [0.4, 0.5) is 5.69 Å². The van der Waals surface area contributed by atoms with Gasteiger partial charge < -0.3 is 15.5 Å². The summed E-state index contributed by atoms with van der Waals surface area (Å²) in [7, 11) is 5.75. The molecule has 0 saturated heterocycles. The summed E-state index contributed by atoms with van der Waals surface area (Å²) in [6, 6.07) is 5.49. The van der Waals surface area contributed by atoms with Gasteiger partial charge in [0.15, 0.2) is 0 Å². The van der Waals surface area contributed by atoms with Gasteiger partial charge in [-0.25, -0.2) is 0 Å². The molecule has 0 aliphatic rings. The number of rotatable bonds is 4. The molecule has 6 heteroatoms. The quantitative estimate of drug-likeness (QED) is 0.944. The molecular formula is C14H18ClN3OS. The first-order valence-corrected chi connectivity index (χ1v) is 7.47. The number of fused-ring (bicyclic) bond motifs is 1. The Labute approximate surface area is 127 Å². The summed E-state index contributed by atoms with van der Waals surface area (Å²) in [4.78, 5) is 16.8. The van der Waals surface area contributed by atoms with Gasteiger partial charge in [-0.05, 0) is 32.3 Å². The molecule has 1 aromatic carbocycles. The highest BCUT2D eigenvalue weighted by molar-refractivity contribution is 7.21.